The van der Waals surface area contributed by atoms with Gasteiger partial charge in [-0.2, -0.15) is 0 Å². The molecule has 65 heavy (non-hydrogen) atoms. The molecule has 0 radical (unpaired) electrons. The molecule has 8 aromatic carbocycles. The first-order valence-corrected chi connectivity index (χ1v) is 23.4. The smallest absolute Gasteiger partial charge is 0.0568 e. The summed E-state index contributed by atoms with van der Waals surface area (Å²) in [5.41, 5.74) is 15.6. The number of anilines is 6. The van der Waals surface area contributed by atoms with Crippen LogP contribution in [0.2, 0.25) is 0 Å². The summed E-state index contributed by atoms with van der Waals surface area (Å²) in [4.78, 5) is 4.88. The van der Waals surface area contributed by atoms with Gasteiger partial charge in [-0.3, -0.25) is 0 Å². The Balaban J connectivity index is 1.33. The van der Waals surface area contributed by atoms with E-state index >= 15 is 0 Å². The zero-order chi connectivity index (χ0) is 46.1. The molecule has 0 spiro atoms. The van der Waals surface area contributed by atoms with Gasteiger partial charge in [-0.25, -0.2) is 0 Å². The Morgan fingerprint density at radius 3 is 1.09 bits per heavy atom. The summed E-state index contributed by atoms with van der Waals surface area (Å²) in [6.45, 7) is 27.4. The van der Waals surface area contributed by atoms with Crippen molar-refractivity contribution in [3.05, 3.63) is 198 Å². The first kappa shape index (κ1) is 43.7. The summed E-state index contributed by atoms with van der Waals surface area (Å²) in [6, 6.07) is 66.1. The van der Waals surface area contributed by atoms with Crippen LogP contribution in [-0.4, -0.2) is 4.57 Å². The van der Waals surface area contributed by atoms with Crippen LogP contribution in [0.1, 0.15) is 105 Å². The Morgan fingerprint density at radius 2 is 0.677 bits per heavy atom. The van der Waals surface area contributed by atoms with E-state index in [1.54, 1.807) is 0 Å². The maximum Gasteiger partial charge on any atom is 0.0568 e. The van der Waals surface area contributed by atoms with Crippen molar-refractivity contribution in [2.75, 3.05) is 9.80 Å². The number of aromatic nitrogens is 1. The third-order valence-electron chi connectivity index (χ3n) is 13.2. The quantitative estimate of drug-likeness (QED) is 0.158. The minimum atomic E-state index is 0.0418. The summed E-state index contributed by atoms with van der Waals surface area (Å²) in [5, 5.41) is 4.89. The maximum absolute atomic E-state index is 2.48. The molecule has 0 saturated carbocycles. The standard InChI is InChI=1S/C62H65N3/c1-59(2,3)42-22-30-47(31-23-42)63(48-32-24-43(25-33-48)60(4,5)6)51-38-39-54-55(40-51)65(46-18-14-13-15-19-46)57-41-56(52-20-16-17-21-53(52)58(54)57)64(49-34-26-44(27-35-49)61(7,8)9)50-36-28-45(29-37-50)62(10,11)12/h13-41H,1-12H3. The van der Waals surface area contributed by atoms with Gasteiger partial charge >= 0.3 is 0 Å². The Bertz CT molecular complexity index is 3010. The minimum absolute atomic E-state index is 0.0418. The van der Waals surface area contributed by atoms with Crippen LogP contribution in [0.25, 0.3) is 38.3 Å². The molecule has 0 bridgehead atoms. The Morgan fingerprint density at radius 1 is 0.308 bits per heavy atom. The van der Waals surface area contributed by atoms with E-state index in [0.717, 1.165) is 50.8 Å². The van der Waals surface area contributed by atoms with E-state index < -0.39 is 0 Å². The molecule has 0 aliphatic carbocycles. The van der Waals surface area contributed by atoms with Gasteiger partial charge in [0, 0.05) is 50.3 Å². The van der Waals surface area contributed by atoms with E-state index in [4.69, 9.17) is 0 Å². The van der Waals surface area contributed by atoms with E-state index in [0.29, 0.717) is 0 Å². The van der Waals surface area contributed by atoms with Crippen molar-refractivity contribution in [3.63, 3.8) is 0 Å². The molecule has 0 saturated heterocycles. The van der Waals surface area contributed by atoms with Crippen molar-refractivity contribution in [3.8, 4) is 5.69 Å². The molecule has 3 heteroatoms. The molecule has 0 atom stereocenters. The summed E-state index contributed by atoms with van der Waals surface area (Å²) >= 11 is 0. The third-order valence-corrected chi connectivity index (χ3v) is 13.2. The first-order valence-electron chi connectivity index (χ1n) is 23.4. The molecule has 0 unspecified atom stereocenters. The molecule has 3 nitrogen and oxygen atoms in total. The highest BCUT2D eigenvalue weighted by Gasteiger charge is 2.25. The predicted octanol–water partition coefficient (Wildman–Crippen LogP) is 18.1. The summed E-state index contributed by atoms with van der Waals surface area (Å²) in [5.74, 6) is 0. The number of hydrogen-bond donors (Lipinski definition) is 0. The molecular formula is C62H65N3. The van der Waals surface area contributed by atoms with Gasteiger partial charge in [0.15, 0.2) is 0 Å². The van der Waals surface area contributed by atoms with Crippen molar-refractivity contribution in [2.24, 2.45) is 0 Å². The van der Waals surface area contributed by atoms with Gasteiger partial charge in [-0.05, 0) is 128 Å². The molecule has 328 valence electrons. The maximum atomic E-state index is 2.48. The lowest BCUT2D eigenvalue weighted by molar-refractivity contribution is 0.590. The van der Waals surface area contributed by atoms with E-state index in [2.05, 4.69) is 273 Å². The van der Waals surface area contributed by atoms with Crippen LogP contribution in [0.15, 0.2) is 176 Å². The van der Waals surface area contributed by atoms with Crippen molar-refractivity contribution >= 4 is 66.7 Å². The second kappa shape index (κ2) is 16.1. The first-order chi connectivity index (χ1) is 30.8. The SMILES string of the molecule is CC(C)(C)c1ccc(N(c2ccc(C(C)(C)C)cc2)c2ccc3c4c5ccccc5c(N(c5ccc(C(C)(C)C)cc5)c5ccc(C(C)(C)C)cc5)cc4n(-c4ccccc4)c3c2)cc1. The van der Waals surface area contributed by atoms with Crippen molar-refractivity contribution < 1.29 is 0 Å². The molecule has 9 aromatic rings. The number of hydrogen-bond acceptors (Lipinski definition) is 2. The largest absolute Gasteiger partial charge is 0.310 e. The molecule has 0 N–H and O–H groups in total. The van der Waals surface area contributed by atoms with Gasteiger partial charge in [0.05, 0.1) is 16.7 Å². The highest BCUT2D eigenvalue weighted by molar-refractivity contribution is 6.25. The number of rotatable bonds is 7. The fraction of sp³-hybridized carbons (Fsp3) is 0.258. The highest BCUT2D eigenvalue weighted by atomic mass is 15.2. The van der Waals surface area contributed by atoms with Crippen LogP contribution in [0.5, 0.6) is 0 Å². The zero-order valence-corrected chi connectivity index (χ0v) is 40.6. The van der Waals surface area contributed by atoms with Crippen molar-refractivity contribution in [2.45, 2.75) is 105 Å². The fourth-order valence-corrected chi connectivity index (χ4v) is 9.34. The van der Waals surface area contributed by atoms with Gasteiger partial charge in [-0.15, -0.1) is 0 Å². The highest BCUT2D eigenvalue weighted by Crippen LogP contribution is 2.47. The average molecular weight is 852 g/mol. The minimum Gasteiger partial charge on any atom is -0.310 e. The van der Waals surface area contributed by atoms with Crippen LogP contribution in [0, 0.1) is 0 Å². The predicted molar refractivity (Wildman–Crippen MR) is 282 cm³/mol. The van der Waals surface area contributed by atoms with Crippen LogP contribution >= 0.6 is 0 Å². The third kappa shape index (κ3) is 8.34. The summed E-state index contributed by atoms with van der Waals surface area (Å²) < 4.78 is 2.48. The number of para-hydroxylation sites is 1. The summed E-state index contributed by atoms with van der Waals surface area (Å²) in [7, 11) is 0. The van der Waals surface area contributed by atoms with Crippen LogP contribution in [0.3, 0.4) is 0 Å². The molecule has 0 amide bonds. The molecular weight excluding hydrogens is 787 g/mol. The van der Waals surface area contributed by atoms with Gasteiger partial charge in [0.1, 0.15) is 0 Å². The van der Waals surface area contributed by atoms with E-state index in [1.807, 2.05) is 0 Å². The van der Waals surface area contributed by atoms with Crippen LogP contribution < -0.4 is 9.80 Å². The lowest BCUT2D eigenvalue weighted by atomic mass is 9.86. The zero-order valence-electron chi connectivity index (χ0n) is 40.6. The lowest BCUT2D eigenvalue weighted by Gasteiger charge is -2.29. The van der Waals surface area contributed by atoms with Gasteiger partial charge in [0.25, 0.3) is 0 Å². The topological polar surface area (TPSA) is 11.4 Å². The van der Waals surface area contributed by atoms with Gasteiger partial charge in [0.2, 0.25) is 0 Å². The Labute approximate surface area is 388 Å². The second-order valence-electron chi connectivity index (χ2n) is 22.1. The van der Waals surface area contributed by atoms with Gasteiger partial charge < -0.3 is 14.4 Å². The number of nitrogens with zero attached hydrogens (tertiary/aromatic N) is 3. The molecule has 1 heterocycles. The Kier molecular flexibility index (Phi) is 10.8. The summed E-state index contributed by atoms with van der Waals surface area (Å²) in [6.07, 6.45) is 0. The molecule has 0 fully saturated rings. The monoisotopic (exact) mass is 852 g/mol. The van der Waals surface area contributed by atoms with Crippen LogP contribution in [-0.2, 0) is 21.7 Å². The van der Waals surface area contributed by atoms with E-state index in [-0.39, 0.29) is 21.7 Å². The van der Waals surface area contributed by atoms with Crippen molar-refractivity contribution in [1.82, 2.24) is 4.57 Å². The number of fused-ring (bicyclic) bond motifs is 5. The van der Waals surface area contributed by atoms with E-state index in [9.17, 15) is 0 Å². The second-order valence-corrected chi connectivity index (χ2v) is 22.1. The van der Waals surface area contributed by atoms with Crippen molar-refractivity contribution in [1.29, 1.82) is 0 Å². The van der Waals surface area contributed by atoms with Gasteiger partial charge in [-0.1, -0.05) is 180 Å². The molecule has 0 aliphatic rings. The molecule has 9 rings (SSSR count). The van der Waals surface area contributed by atoms with Crippen LogP contribution in [0.4, 0.5) is 34.1 Å². The molecule has 1 aromatic heterocycles. The lowest BCUT2D eigenvalue weighted by Crippen LogP contribution is -2.14. The fourth-order valence-electron chi connectivity index (χ4n) is 9.34. The Hall–Kier alpha value is -6.58. The average Bonchev–Trinajstić information content (AvgIpc) is 3.60. The van der Waals surface area contributed by atoms with E-state index in [1.165, 1.54) is 43.8 Å². The number of benzene rings is 8. The molecule has 0 aliphatic heterocycles. The normalized spacial score (nSPS) is 12.6.